The van der Waals surface area contributed by atoms with Crippen LogP contribution in [-0.4, -0.2) is 26.1 Å². The van der Waals surface area contributed by atoms with Crippen molar-refractivity contribution in [2.45, 2.75) is 5.16 Å². The number of thioether (sulfide) groups is 1. The summed E-state index contributed by atoms with van der Waals surface area (Å²) >= 11 is 7.13. The Morgan fingerprint density at radius 1 is 1.23 bits per heavy atom. The van der Waals surface area contributed by atoms with Crippen molar-refractivity contribution < 1.29 is 9.72 Å². The fourth-order valence-electron chi connectivity index (χ4n) is 2.25. The Labute approximate surface area is 158 Å². The van der Waals surface area contributed by atoms with Gasteiger partial charge in [0.1, 0.15) is 5.69 Å². The van der Waals surface area contributed by atoms with Crippen LogP contribution in [0, 0.1) is 10.1 Å². The number of halogens is 1. The Hall–Kier alpha value is -2.84. The second-order valence-electron chi connectivity index (χ2n) is 5.17. The summed E-state index contributed by atoms with van der Waals surface area (Å²) in [5.74, 6) is -0.286. The summed E-state index contributed by atoms with van der Waals surface area (Å²) in [5.41, 5.74) is 0.895. The summed E-state index contributed by atoms with van der Waals surface area (Å²) in [5, 5.41) is 14.8. The maximum Gasteiger partial charge on any atom is 0.292 e. The Morgan fingerprint density at radius 2 is 1.96 bits per heavy atom. The van der Waals surface area contributed by atoms with Crippen molar-refractivity contribution in [1.82, 2.24) is 9.55 Å². The fraction of sp³-hybridized carbons (Fsp3) is 0.0588. The maximum atomic E-state index is 12.2. The topological polar surface area (TPSA) is 90.1 Å². The lowest BCUT2D eigenvalue weighted by Crippen LogP contribution is -2.15. The zero-order chi connectivity index (χ0) is 18.5. The Kier molecular flexibility index (Phi) is 5.55. The van der Waals surface area contributed by atoms with Crippen LogP contribution in [0.2, 0.25) is 5.02 Å². The van der Waals surface area contributed by atoms with E-state index in [9.17, 15) is 14.9 Å². The summed E-state index contributed by atoms with van der Waals surface area (Å²) in [7, 11) is 0. The van der Waals surface area contributed by atoms with Crippen LogP contribution in [-0.2, 0) is 4.79 Å². The third kappa shape index (κ3) is 4.22. The van der Waals surface area contributed by atoms with Gasteiger partial charge in [-0.3, -0.25) is 19.5 Å². The van der Waals surface area contributed by atoms with E-state index in [1.54, 1.807) is 36.7 Å². The number of benzene rings is 2. The first-order valence-electron chi connectivity index (χ1n) is 7.50. The van der Waals surface area contributed by atoms with E-state index < -0.39 is 4.92 Å². The second kappa shape index (κ2) is 8.03. The van der Waals surface area contributed by atoms with Crippen molar-refractivity contribution in [1.29, 1.82) is 0 Å². The van der Waals surface area contributed by atoms with Crippen LogP contribution in [0.5, 0.6) is 0 Å². The quantitative estimate of drug-likeness (QED) is 0.389. The van der Waals surface area contributed by atoms with E-state index in [0.717, 1.165) is 5.69 Å². The number of nitrogens with one attached hydrogen (secondary N) is 1. The summed E-state index contributed by atoms with van der Waals surface area (Å²) in [6.45, 7) is 0. The number of imidazole rings is 1. The number of aromatic nitrogens is 2. The number of amides is 1. The number of nitro groups is 1. The molecule has 0 aliphatic rings. The molecule has 1 N–H and O–H groups in total. The zero-order valence-electron chi connectivity index (χ0n) is 13.3. The van der Waals surface area contributed by atoms with Crippen LogP contribution in [0.3, 0.4) is 0 Å². The van der Waals surface area contributed by atoms with Crippen LogP contribution >= 0.6 is 23.4 Å². The van der Waals surface area contributed by atoms with Crippen molar-refractivity contribution in [2.75, 3.05) is 11.1 Å². The van der Waals surface area contributed by atoms with Gasteiger partial charge in [-0.15, -0.1) is 0 Å². The lowest BCUT2D eigenvalue weighted by Gasteiger charge is -2.08. The van der Waals surface area contributed by atoms with Gasteiger partial charge in [-0.2, -0.15) is 0 Å². The molecule has 3 rings (SSSR count). The lowest BCUT2D eigenvalue weighted by atomic mass is 10.2. The van der Waals surface area contributed by atoms with Crippen LogP contribution < -0.4 is 5.32 Å². The van der Waals surface area contributed by atoms with E-state index in [2.05, 4.69) is 10.3 Å². The SMILES string of the molecule is O=C(CSc1nccn1-c1ccc(Cl)cc1)Nc1ccccc1[N+](=O)[O-]. The molecule has 26 heavy (non-hydrogen) atoms. The molecule has 0 aliphatic heterocycles. The maximum absolute atomic E-state index is 12.2. The van der Waals surface area contributed by atoms with Gasteiger partial charge in [-0.25, -0.2) is 4.98 Å². The van der Waals surface area contributed by atoms with Gasteiger partial charge < -0.3 is 5.32 Å². The van der Waals surface area contributed by atoms with Crippen LogP contribution in [0.25, 0.3) is 5.69 Å². The number of carbonyl (C=O) groups excluding carboxylic acids is 1. The normalized spacial score (nSPS) is 10.5. The molecule has 0 saturated heterocycles. The number of nitrogens with zero attached hydrogens (tertiary/aromatic N) is 3. The monoisotopic (exact) mass is 388 g/mol. The van der Waals surface area contributed by atoms with E-state index in [0.29, 0.717) is 10.2 Å². The summed E-state index contributed by atoms with van der Waals surface area (Å²) in [6, 6.07) is 13.3. The largest absolute Gasteiger partial charge is 0.320 e. The van der Waals surface area contributed by atoms with Crippen molar-refractivity contribution in [2.24, 2.45) is 0 Å². The smallest absolute Gasteiger partial charge is 0.292 e. The van der Waals surface area contributed by atoms with Crippen LogP contribution in [0.4, 0.5) is 11.4 Å². The van der Waals surface area contributed by atoms with E-state index in [1.807, 2.05) is 16.7 Å². The summed E-state index contributed by atoms with van der Waals surface area (Å²) < 4.78 is 1.83. The van der Waals surface area contributed by atoms with Gasteiger partial charge in [0, 0.05) is 29.2 Å². The molecule has 1 aromatic heterocycles. The number of anilines is 1. The van der Waals surface area contributed by atoms with Gasteiger partial charge in [0.05, 0.1) is 10.7 Å². The number of para-hydroxylation sites is 2. The molecule has 0 radical (unpaired) electrons. The standard InChI is InChI=1S/C17H13ClN4O3S/c18-12-5-7-13(8-6-12)21-10-9-19-17(21)26-11-16(23)20-14-3-1-2-4-15(14)22(24)25/h1-10H,11H2,(H,20,23). The molecule has 9 heteroatoms. The molecule has 0 atom stereocenters. The number of hydrogen-bond acceptors (Lipinski definition) is 5. The Morgan fingerprint density at radius 3 is 2.69 bits per heavy atom. The van der Waals surface area contributed by atoms with Crippen molar-refractivity contribution in [3.05, 3.63) is 76.1 Å². The minimum atomic E-state index is -0.532. The first-order chi connectivity index (χ1) is 12.5. The Bertz CT molecular complexity index is 943. The highest BCUT2D eigenvalue weighted by molar-refractivity contribution is 7.99. The second-order valence-corrected chi connectivity index (χ2v) is 6.55. The highest BCUT2D eigenvalue weighted by Gasteiger charge is 2.15. The molecule has 0 fully saturated rings. The molecule has 0 aliphatic carbocycles. The molecule has 0 unspecified atom stereocenters. The molecule has 7 nitrogen and oxygen atoms in total. The van der Waals surface area contributed by atoms with Crippen molar-refractivity contribution >= 4 is 40.6 Å². The number of hydrogen-bond donors (Lipinski definition) is 1. The minimum Gasteiger partial charge on any atom is -0.320 e. The van der Waals surface area contributed by atoms with E-state index in [4.69, 9.17) is 11.6 Å². The predicted molar refractivity (Wildman–Crippen MR) is 101 cm³/mol. The third-order valence-corrected chi connectivity index (χ3v) is 4.64. The molecule has 1 heterocycles. The van der Waals surface area contributed by atoms with Gasteiger partial charge in [0.25, 0.3) is 5.69 Å². The van der Waals surface area contributed by atoms with Gasteiger partial charge in [0.2, 0.25) is 5.91 Å². The molecular weight excluding hydrogens is 376 g/mol. The number of rotatable bonds is 6. The van der Waals surface area contributed by atoms with Gasteiger partial charge in [-0.05, 0) is 30.3 Å². The van der Waals surface area contributed by atoms with Crippen LogP contribution in [0.15, 0.2) is 66.1 Å². The zero-order valence-corrected chi connectivity index (χ0v) is 14.9. The first kappa shape index (κ1) is 18.0. The van der Waals surface area contributed by atoms with Crippen molar-refractivity contribution in [3.8, 4) is 5.69 Å². The number of carbonyl (C=O) groups is 1. The molecule has 132 valence electrons. The fourth-order valence-corrected chi connectivity index (χ4v) is 3.15. The molecular formula is C17H13ClN4O3S. The van der Waals surface area contributed by atoms with Crippen molar-refractivity contribution in [3.63, 3.8) is 0 Å². The molecule has 1 amide bonds. The van der Waals surface area contributed by atoms with Gasteiger partial charge in [-0.1, -0.05) is 35.5 Å². The summed E-state index contributed by atoms with van der Waals surface area (Å²) in [6.07, 6.45) is 3.42. The Balaban J connectivity index is 1.67. The van der Waals surface area contributed by atoms with Gasteiger partial charge >= 0.3 is 0 Å². The lowest BCUT2D eigenvalue weighted by molar-refractivity contribution is -0.383. The molecule has 0 spiro atoms. The van der Waals surface area contributed by atoms with Gasteiger partial charge in [0.15, 0.2) is 5.16 Å². The van der Waals surface area contributed by atoms with E-state index >= 15 is 0 Å². The number of nitro benzene ring substituents is 1. The molecule has 0 bridgehead atoms. The van der Waals surface area contributed by atoms with Crippen LogP contribution in [0.1, 0.15) is 0 Å². The first-order valence-corrected chi connectivity index (χ1v) is 8.86. The average molecular weight is 389 g/mol. The minimum absolute atomic E-state index is 0.0661. The molecule has 3 aromatic rings. The van der Waals surface area contributed by atoms with E-state index in [-0.39, 0.29) is 23.0 Å². The molecule has 2 aromatic carbocycles. The highest BCUT2D eigenvalue weighted by atomic mass is 35.5. The highest BCUT2D eigenvalue weighted by Crippen LogP contribution is 2.25. The summed E-state index contributed by atoms with van der Waals surface area (Å²) in [4.78, 5) is 26.9. The van der Waals surface area contributed by atoms with E-state index in [1.165, 1.54) is 23.9 Å². The molecule has 0 saturated carbocycles. The average Bonchev–Trinajstić information content (AvgIpc) is 3.09. The third-order valence-electron chi connectivity index (χ3n) is 3.42. The predicted octanol–water partition coefficient (Wildman–Crippen LogP) is 4.16.